The van der Waals surface area contributed by atoms with Gasteiger partial charge in [0.15, 0.2) is 0 Å². The van der Waals surface area contributed by atoms with E-state index in [1.807, 2.05) is 53.2 Å². The van der Waals surface area contributed by atoms with E-state index in [0.717, 1.165) is 49.7 Å². The molecule has 3 aromatic carbocycles. The van der Waals surface area contributed by atoms with Crippen LogP contribution in [0.1, 0.15) is 12.0 Å². The number of nitrogens with zero attached hydrogens (tertiary/aromatic N) is 7. The lowest BCUT2D eigenvalue weighted by Crippen LogP contribution is -2.46. The Hall–Kier alpha value is -4.49. The van der Waals surface area contributed by atoms with Crippen LogP contribution >= 0.6 is 23.2 Å². The molecule has 14 heteroatoms. The first-order chi connectivity index (χ1) is 23.9. The SMILES string of the molecule is O=c1n(-c2ccc(N3CCN(c4ccc(OCC5COC(Cn6ccnc6)(c6ccc(Cl)cc6Cl)O5)cc4)CC3)cc2)c(=O)n2n1CCC2. The number of hydrogen-bond donors (Lipinski definition) is 0. The minimum Gasteiger partial charge on any atom is -0.491 e. The average Bonchev–Trinajstić information content (AvgIpc) is 3.93. The van der Waals surface area contributed by atoms with E-state index in [9.17, 15) is 9.59 Å². The number of imidazole rings is 1. The minimum atomic E-state index is -1.10. The van der Waals surface area contributed by atoms with Crippen molar-refractivity contribution in [1.29, 1.82) is 0 Å². The number of piperazine rings is 1. The summed E-state index contributed by atoms with van der Waals surface area (Å²) in [5, 5.41) is 1.01. The van der Waals surface area contributed by atoms with Gasteiger partial charge in [0.25, 0.3) is 0 Å². The van der Waals surface area contributed by atoms with Gasteiger partial charge in [-0.05, 0) is 67.1 Å². The van der Waals surface area contributed by atoms with Crippen LogP contribution in [0.5, 0.6) is 5.75 Å². The van der Waals surface area contributed by atoms with Crippen molar-refractivity contribution < 1.29 is 14.2 Å². The van der Waals surface area contributed by atoms with Crippen molar-refractivity contribution in [3.8, 4) is 11.4 Å². The molecule has 2 saturated heterocycles. The quantitative estimate of drug-likeness (QED) is 0.223. The number of hydrogen-bond acceptors (Lipinski definition) is 8. The Labute approximate surface area is 292 Å². The van der Waals surface area contributed by atoms with Gasteiger partial charge in [0.1, 0.15) is 18.5 Å². The predicted molar refractivity (Wildman–Crippen MR) is 186 cm³/mol. The second-order valence-electron chi connectivity index (χ2n) is 12.5. The molecule has 3 aliphatic heterocycles. The Morgan fingerprint density at radius 1 is 0.816 bits per heavy atom. The lowest BCUT2D eigenvalue weighted by molar-refractivity contribution is -0.189. The van der Waals surface area contributed by atoms with Crippen LogP contribution in [0.25, 0.3) is 5.69 Å². The molecule has 2 aromatic heterocycles. The number of anilines is 2. The zero-order chi connectivity index (χ0) is 33.5. The van der Waals surface area contributed by atoms with Crippen LogP contribution in [0.4, 0.5) is 11.4 Å². The normalized spacial score (nSPS) is 20.6. The first-order valence-corrected chi connectivity index (χ1v) is 17.1. The van der Waals surface area contributed by atoms with Crippen molar-refractivity contribution in [3.63, 3.8) is 0 Å². The van der Waals surface area contributed by atoms with E-state index < -0.39 is 5.79 Å². The maximum absolute atomic E-state index is 12.8. The fraction of sp³-hybridized carbons (Fsp3) is 0.343. The third-order valence-corrected chi connectivity index (χ3v) is 9.94. The molecule has 0 radical (unpaired) electrons. The second kappa shape index (κ2) is 13.1. The third kappa shape index (κ3) is 6.14. The molecule has 2 atom stereocenters. The van der Waals surface area contributed by atoms with Crippen LogP contribution < -0.4 is 25.9 Å². The van der Waals surface area contributed by atoms with Gasteiger partial charge in [0.05, 0.1) is 30.2 Å². The highest BCUT2D eigenvalue weighted by Gasteiger charge is 2.45. The van der Waals surface area contributed by atoms with Crippen molar-refractivity contribution in [1.82, 2.24) is 23.5 Å². The molecule has 0 aliphatic carbocycles. The Kier molecular flexibility index (Phi) is 8.48. The number of halogens is 2. The van der Waals surface area contributed by atoms with E-state index in [1.54, 1.807) is 24.7 Å². The Balaban J connectivity index is 0.860. The summed E-state index contributed by atoms with van der Waals surface area (Å²) in [7, 11) is 0. The molecule has 5 heterocycles. The van der Waals surface area contributed by atoms with E-state index in [0.29, 0.717) is 54.1 Å². The summed E-state index contributed by atoms with van der Waals surface area (Å²) in [6.07, 6.45) is 5.78. The lowest BCUT2D eigenvalue weighted by Gasteiger charge is -2.37. The monoisotopic (exact) mass is 703 g/mol. The van der Waals surface area contributed by atoms with E-state index in [4.69, 9.17) is 37.4 Å². The van der Waals surface area contributed by atoms with Crippen molar-refractivity contribution >= 4 is 34.6 Å². The van der Waals surface area contributed by atoms with Crippen LogP contribution in [0, 0.1) is 0 Å². The van der Waals surface area contributed by atoms with Crippen molar-refractivity contribution in [2.45, 2.75) is 37.9 Å². The van der Waals surface area contributed by atoms with Crippen molar-refractivity contribution in [3.05, 3.63) is 122 Å². The molecule has 8 rings (SSSR count). The van der Waals surface area contributed by atoms with Gasteiger partial charge in [0.2, 0.25) is 5.79 Å². The van der Waals surface area contributed by atoms with E-state index >= 15 is 0 Å². The standard InChI is InChI=1S/C35H35Cl2N7O5/c36-25-2-11-31(32(37)20-25)35(23-39-15-12-38-24-39)48-22-30(49-35)21-47-29-9-7-27(8-10-29)41-18-16-40(17-19-41)26-3-5-28(6-4-26)44-33(45)42-13-1-14-43(42)34(44)46/h2-12,15,20,24,30H,1,13-14,16-19,21-23H2. The first-order valence-electron chi connectivity index (χ1n) is 16.4. The van der Waals surface area contributed by atoms with Gasteiger partial charge < -0.3 is 28.6 Å². The smallest absolute Gasteiger partial charge is 0.351 e. The maximum atomic E-state index is 12.8. The van der Waals surface area contributed by atoms with Crippen LogP contribution in [0.2, 0.25) is 10.0 Å². The van der Waals surface area contributed by atoms with Crippen LogP contribution in [-0.4, -0.2) is 69.0 Å². The van der Waals surface area contributed by atoms with E-state index in [1.165, 1.54) is 13.9 Å². The molecule has 5 aromatic rings. The van der Waals surface area contributed by atoms with Crippen LogP contribution in [-0.2, 0) is 34.9 Å². The number of benzene rings is 3. The predicted octanol–water partition coefficient (Wildman–Crippen LogP) is 4.38. The highest BCUT2D eigenvalue weighted by atomic mass is 35.5. The second-order valence-corrected chi connectivity index (χ2v) is 13.3. The fourth-order valence-electron chi connectivity index (χ4n) is 6.90. The first kappa shape index (κ1) is 31.8. The molecule has 0 N–H and O–H groups in total. The highest BCUT2D eigenvalue weighted by Crippen LogP contribution is 2.40. The molecule has 0 saturated carbocycles. The van der Waals surface area contributed by atoms with Crippen molar-refractivity contribution in [2.24, 2.45) is 0 Å². The third-order valence-electron chi connectivity index (χ3n) is 9.40. The minimum absolute atomic E-state index is 0.274. The van der Waals surface area contributed by atoms with Crippen molar-refractivity contribution in [2.75, 3.05) is 49.2 Å². The Morgan fingerprint density at radius 3 is 2.06 bits per heavy atom. The van der Waals surface area contributed by atoms with Gasteiger partial charge in [0, 0.05) is 73.6 Å². The van der Waals surface area contributed by atoms with Crippen LogP contribution in [0.3, 0.4) is 0 Å². The lowest BCUT2D eigenvalue weighted by atomic mass is 10.1. The molecule has 0 amide bonds. The molecular weight excluding hydrogens is 669 g/mol. The van der Waals surface area contributed by atoms with Gasteiger partial charge in [-0.2, -0.15) is 0 Å². The molecule has 0 bridgehead atoms. The highest BCUT2D eigenvalue weighted by molar-refractivity contribution is 6.35. The average molecular weight is 705 g/mol. The zero-order valence-electron chi connectivity index (χ0n) is 26.7. The van der Waals surface area contributed by atoms with E-state index in [2.05, 4.69) is 26.9 Å². The molecule has 12 nitrogen and oxygen atoms in total. The number of aromatic nitrogens is 5. The number of ether oxygens (including phenoxy) is 3. The molecule has 49 heavy (non-hydrogen) atoms. The summed E-state index contributed by atoms with van der Waals surface area (Å²) >= 11 is 12.8. The topological polar surface area (TPSA) is 101 Å². The Morgan fingerprint density at radius 2 is 1.45 bits per heavy atom. The summed E-state index contributed by atoms with van der Waals surface area (Å²) in [6.45, 7) is 5.59. The zero-order valence-corrected chi connectivity index (χ0v) is 28.2. The fourth-order valence-corrected chi connectivity index (χ4v) is 7.45. The summed E-state index contributed by atoms with van der Waals surface area (Å²) < 4.78 is 25.2. The maximum Gasteiger partial charge on any atom is 0.351 e. The molecule has 3 aliphatic rings. The summed E-state index contributed by atoms with van der Waals surface area (Å²) in [6, 6.07) is 21.1. The molecule has 2 unspecified atom stereocenters. The van der Waals surface area contributed by atoms with E-state index in [-0.39, 0.29) is 17.5 Å². The largest absolute Gasteiger partial charge is 0.491 e. The van der Waals surface area contributed by atoms with Crippen LogP contribution in [0.15, 0.2) is 95.0 Å². The summed E-state index contributed by atoms with van der Waals surface area (Å²) in [5.74, 6) is -0.360. The number of fused-ring (bicyclic) bond motifs is 1. The summed E-state index contributed by atoms with van der Waals surface area (Å²) in [5.41, 5.74) is 2.94. The summed E-state index contributed by atoms with van der Waals surface area (Å²) in [4.78, 5) is 34.3. The molecule has 0 spiro atoms. The molecule has 254 valence electrons. The van der Waals surface area contributed by atoms with Gasteiger partial charge in [-0.15, -0.1) is 0 Å². The Bertz CT molecular complexity index is 2020. The molecule has 2 fully saturated rings. The van der Waals surface area contributed by atoms with Gasteiger partial charge in [-0.25, -0.2) is 28.5 Å². The molecular formula is C35H35Cl2N7O5. The number of rotatable bonds is 9. The van der Waals surface area contributed by atoms with Gasteiger partial charge in [-0.3, -0.25) is 0 Å². The van der Waals surface area contributed by atoms with Gasteiger partial charge >= 0.3 is 11.4 Å². The van der Waals surface area contributed by atoms with Gasteiger partial charge in [-0.1, -0.05) is 29.3 Å².